The van der Waals surface area contributed by atoms with Crippen molar-refractivity contribution in [2.45, 2.75) is 65.3 Å². The fraction of sp³-hybridized carbons (Fsp3) is 0.522. The molecule has 0 heterocycles. The monoisotopic (exact) mass is 479 g/mol. The second-order valence-electron chi connectivity index (χ2n) is 8.49. The Morgan fingerprint density at radius 2 is 1.35 bits per heavy atom. The zero-order chi connectivity index (χ0) is 25.8. The lowest BCUT2D eigenvalue weighted by molar-refractivity contribution is -0.143. The first-order valence-electron chi connectivity index (χ1n) is 10.9. The number of benzene rings is 1. The molecule has 0 aromatic heterocycles. The third-order valence-corrected chi connectivity index (χ3v) is 4.94. The molecule has 1 aromatic carbocycles. The highest BCUT2D eigenvalue weighted by Gasteiger charge is 2.32. The van der Waals surface area contributed by atoms with E-state index in [0.717, 1.165) is 5.56 Å². The molecule has 0 radical (unpaired) electrons. The number of hydrogen-bond acceptors (Lipinski definition) is 6. The zero-order valence-electron chi connectivity index (χ0n) is 19.7. The van der Waals surface area contributed by atoms with Gasteiger partial charge in [-0.15, -0.1) is 0 Å². The largest absolute Gasteiger partial charge is 0.481 e. The number of carbonyl (C=O) groups is 5. The molecule has 34 heavy (non-hydrogen) atoms. The van der Waals surface area contributed by atoms with E-state index >= 15 is 0 Å². The summed E-state index contributed by atoms with van der Waals surface area (Å²) in [6.45, 7) is 6.74. The maximum absolute atomic E-state index is 12.9. The van der Waals surface area contributed by atoms with Gasteiger partial charge in [0.2, 0.25) is 11.8 Å². The number of carboxylic acid groups (broad SMARTS) is 2. The minimum atomic E-state index is -1.42. The van der Waals surface area contributed by atoms with Gasteiger partial charge >= 0.3 is 18.0 Å². The number of amides is 3. The number of rotatable bonds is 13. The summed E-state index contributed by atoms with van der Waals surface area (Å²) < 4.78 is 5.16. The summed E-state index contributed by atoms with van der Waals surface area (Å²) in [4.78, 5) is 60.0. The first kappa shape index (κ1) is 28.4. The van der Waals surface area contributed by atoms with Crippen molar-refractivity contribution in [3.63, 3.8) is 0 Å². The van der Waals surface area contributed by atoms with Crippen LogP contribution in [0.5, 0.6) is 0 Å². The van der Waals surface area contributed by atoms with E-state index in [0.29, 0.717) is 0 Å². The highest BCUT2D eigenvalue weighted by molar-refractivity contribution is 5.93. The molecule has 0 aliphatic heterocycles. The molecule has 1 rings (SSSR count). The predicted molar refractivity (Wildman–Crippen MR) is 122 cm³/mol. The van der Waals surface area contributed by atoms with Crippen LogP contribution in [0.15, 0.2) is 30.3 Å². The predicted octanol–water partition coefficient (Wildman–Crippen LogP) is 1.51. The molecule has 11 nitrogen and oxygen atoms in total. The van der Waals surface area contributed by atoms with Gasteiger partial charge in [0.25, 0.3) is 0 Å². The van der Waals surface area contributed by atoms with Gasteiger partial charge < -0.3 is 30.9 Å². The summed E-state index contributed by atoms with van der Waals surface area (Å²) in [5, 5.41) is 25.4. The summed E-state index contributed by atoms with van der Waals surface area (Å²) in [5.74, 6) is -4.75. The van der Waals surface area contributed by atoms with Crippen LogP contribution >= 0.6 is 0 Å². The van der Waals surface area contributed by atoms with Crippen molar-refractivity contribution in [1.82, 2.24) is 16.0 Å². The number of hydrogen-bond donors (Lipinski definition) is 5. The van der Waals surface area contributed by atoms with Crippen LogP contribution in [-0.4, -0.2) is 58.2 Å². The fourth-order valence-electron chi connectivity index (χ4n) is 2.99. The van der Waals surface area contributed by atoms with Gasteiger partial charge in [-0.25, -0.2) is 9.59 Å². The molecule has 0 saturated heterocycles. The Morgan fingerprint density at radius 3 is 1.85 bits per heavy atom. The average Bonchev–Trinajstić information content (AvgIpc) is 2.76. The summed E-state index contributed by atoms with van der Waals surface area (Å²) >= 11 is 0. The van der Waals surface area contributed by atoms with Crippen molar-refractivity contribution in [3.05, 3.63) is 35.9 Å². The molecule has 0 fully saturated rings. The van der Waals surface area contributed by atoms with Gasteiger partial charge in [-0.05, 0) is 23.8 Å². The molecule has 3 atom stereocenters. The van der Waals surface area contributed by atoms with E-state index in [4.69, 9.17) is 9.84 Å². The SMILES string of the molecule is CC(C)[C@H](NC(=O)OCc1ccccc1)C(=O)N[C@H](C(=O)N[C@@H](CCC(=O)O)C(=O)O)C(C)C. The minimum Gasteiger partial charge on any atom is -0.481 e. The Morgan fingerprint density at radius 1 is 0.824 bits per heavy atom. The van der Waals surface area contributed by atoms with E-state index < -0.39 is 60.3 Å². The standard InChI is InChI=1S/C23H33N3O8/c1-13(2)18(20(29)24-16(22(31)32)10-11-17(27)28)25-21(30)19(14(3)4)26-23(33)34-12-15-8-6-5-7-9-15/h5-9,13-14,16,18-19H,10-12H2,1-4H3,(H,24,29)(H,25,30)(H,26,33)(H,27,28)(H,31,32)/t16-,18-,19-/m0/s1. The Kier molecular flexibility index (Phi) is 11.5. The van der Waals surface area contributed by atoms with Crippen LogP contribution in [0.2, 0.25) is 0 Å². The maximum atomic E-state index is 12.9. The van der Waals surface area contributed by atoms with Gasteiger partial charge in [-0.3, -0.25) is 14.4 Å². The number of ether oxygens (including phenoxy) is 1. The molecule has 11 heteroatoms. The van der Waals surface area contributed by atoms with Gasteiger partial charge in [-0.2, -0.15) is 0 Å². The third-order valence-electron chi connectivity index (χ3n) is 4.94. The molecule has 0 spiro atoms. The highest BCUT2D eigenvalue weighted by atomic mass is 16.5. The van der Waals surface area contributed by atoms with Crippen LogP contribution in [0.1, 0.15) is 46.1 Å². The lowest BCUT2D eigenvalue weighted by Crippen LogP contribution is -2.58. The number of alkyl carbamates (subject to hydrolysis) is 1. The topological polar surface area (TPSA) is 171 Å². The lowest BCUT2D eigenvalue weighted by atomic mass is 9.99. The van der Waals surface area contributed by atoms with Crippen molar-refractivity contribution >= 4 is 29.8 Å². The summed E-state index contributed by atoms with van der Waals surface area (Å²) in [7, 11) is 0. The van der Waals surface area contributed by atoms with Crippen LogP contribution in [0.25, 0.3) is 0 Å². The molecule has 0 unspecified atom stereocenters. The first-order chi connectivity index (χ1) is 15.9. The second kappa shape index (κ2) is 13.8. The fourth-order valence-corrected chi connectivity index (χ4v) is 2.99. The Hall–Kier alpha value is -3.63. The summed E-state index contributed by atoms with van der Waals surface area (Å²) in [5.41, 5.74) is 0.774. The second-order valence-corrected chi connectivity index (χ2v) is 8.49. The van der Waals surface area contributed by atoms with Crippen LogP contribution in [0.3, 0.4) is 0 Å². The molecule has 1 aromatic rings. The number of nitrogens with one attached hydrogen (secondary N) is 3. The average molecular weight is 480 g/mol. The van der Waals surface area contributed by atoms with Crippen LogP contribution in [-0.2, 0) is 30.5 Å². The van der Waals surface area contributed by atoms with Crippen molar-refractivity contribution in [1.29, 1.82) is 0 Å². The molecule has 0 saturated carbocycles. The summed E-state index contributed by atoms with van der Waals surface area (Å²) in [6.07, 6.45) is -1.55. The Balaban J connectivity index is 2.80. The van der Waals surface area contributed by atoms with Crippen molar-refractivity contribution in [2.75, 3.05) is 0 Å². The van der Waals surface area contributed by atoms with Crippen LogP contribution in [0.4, 0.5) is 4.79 Å². The number of carbonyl (C=O) groups excluding carboxylic acids is 3. The molecule has 0 aliphatic carbocycles. The van der Waals surface area contributed by atoms with E-state index in [1.54, 1.807) is 52.0 Å². The third kappa shape index (κ3) is 9.88. The Labute approximate surface area is 198 Å². The van der Waals surface area contributed by atoms with E-state index in [9.17, 15) is 29.1 Å². The lowest BCUT2D eigenvalue weighted by Gasteiger charge is -2.27. The zero-order valence-corrected chi connectivity index (χ0v) is 19.7. The van der Waals surface area contributed by atoms with Gasteiger partial charge in [0.1, 0.15) is 24.7 Å². The Bertz CT molecular complexity index is 857. The van der Waals surface area contributed by atoms with Crippen molar-refractivity contribution < 1.29 is 38.9 Å². The maximum Gasteiger partial charge on any atom is 0.408 e. The van der Waals surface area contributed by atoms with Crippen LogP contribution in [0, 0.1) is 11.8 Å². The van der Waals surface area contributed by atoms with E-state index in [-0.39, 0.29) is 18.9 Å². The van der Waals surface area contributed by atoms with Gasteiger partial charge in [0.15, 0.2) is 0 Å². The van der Waals surface area contributed by atoms with Gasteiger partial charge in [-0.1, -0.05) is 58.0 Å². The minimum absolute atomic E-state index is 0.0169. The van der Waals surface area contributed by atoms with Crippen molar-refractivity contribution in [2.24, 2.45) is 11.8 Å². The summed E-state index contributed by atoms with van der Waals surface area (Å²) in [6, 6.07) is 5.45. The number of aliphatic carboxylic acids is 2. The smallest absolute Gasteiger partial charge is 0.408 e. The molecule has 188 valence electrons. The molecule has 3 amide bonds. The van der Waals surface area contributed by atoms with Gasteiger partial charge in [0.05, 0.1) is 0 Å². The molecule has 0 bridgehead atoms. The molecule has 5 N–H and O–H groups in total. The van der Waals surface area contributed by atoms with Gasteiger partial charge in [0, 0.05) is 6.42 Å². The highest BCUT2D eigenvalue weighted by Crippen LogP contribution is 2.09. The van der Waals surface area contributed by atoms with Crippen LogP contribution < -0.4 is 16.0 Å². The van der Waals surface area contributed by atoms with E-state index in [1.165, 1.54) is 0 Å². The van der Waals surface area contributed by atoms with E-state index in [1.807, 2.05) is 6.07 Å². The van der Waals surface area contributed by atoms with E-state index in [2.05, 4.69) is 16.0 Å². The first-order valence-corrected chi connectivity index (χ1v) is 10.9. The van der Waals surface area contributed by atoms with Crippen molar-refractivity contribution in [3.8, 4) is 0 Å². The quantitative estimate of drug-likeness (QED) is 0.283. The molecular formula is C23H33N3O8. The molecule has 0 aliphatic rings. The molecular weight excluding hydrogens is 446 g/mol. The number of carboxylic acids is 2. The normalized spacial score (nSPS) is 13.5.